The van der Waals surface area contributed by atoms with Crippen molar-refractivity contribution in [3.63, 3.8) is 0 Å². The van der Waals surface area contributed by atoms with Crippen LogP contribution in [0, 0.1) is 0 Å². The van der Waals surface area contributed by atoms with Gasteiger partial charge in [0.1, 0.15) is 24.4 Å². The van der Waals surface area contributed by atoms with Crippen molar-refractivity contribution in [2.24, 2.45) is 0 Å². The highest BCUT2D eigenvalue weighted by Gasteiger charge is 2.44. The van der Waals surface area contributed by atoms with Gasteiger partial charge < -0.3 is 35.5 Å². The molecule has 0 bridgehead atoms. The zero-order valence-electron chi connectivity index (χ0n) is 16.8. The summed E-state index contributed by atoms with van der Waals surface area (Å²) in [5, 5.41) is 42.0. The number of aromatic nitrogens is 2. The Bertz CT molecular complexity index is 1200. The molecule has 6 N–H and O–H groups in total. The number of fused-ring (bicyclic) bond motifs is 1. The van der Waals surface area contributed by atoms with Crippen molar-refractivity contribution in [1.29, 1.82) is 0 Å². The van der Waals surface area contributed by atoms with E-state index < -0.39 is 60.1 Å². The molecule has 3 unspecified atom stereocenters. The summed E-state index contributed by atoms with van der Waals surface area (Å²) >= 11 is 0. The van der Waals surface area contributed by atoms with Gasteiger partial charge in [-0.2, -0.15) is 13.2 Å². The molecule has 1 aliphatic heterocycles. The molecule has 0 spiro atoms. The zero-order valence-corrected chi connectivity index (χ0v) is 16.8. The topological polar surface area (TPSA) is 148 Å². The molecule has 12 heteroatoms. The van der Waals surface area contributed by atoms with Gasteiger partial charge in [0.05, 0.1) is 23.3 Å². The Labute approximate surface area is 184 Å². The Balaban J connectivity index is 1.77. The normalized spacial score (nSPS) is 25.8. The number of halogens is 3. The van der Waals surface area contributed by atoms with Crippen molar-refractivity contribution >= 4 is 16.6 Å². The summed E-state index contributed by atoms with van der Waals surface area (Å²) in [6.07, 6.45) is -8.18. The van der Waals surface area contributed by atoms with Crippen LogP contribution in [-0.4, -0.2) is 67.6 Å². The molecule has 3 heterocycles. The third-order valence-corrected chi connectivity index (χ3v) is 5.50. The summed E-state index contributed by atoms with van der Waals surface area (Å²) in [6.45, 7) is -0.640. The molecule has 1 aromatic carbocycles. The van der Waals surface area contributed by atoms with Gasteiger partial charge in [0, 0.05) is 23.5 Å². The largest absolute Gasteiger partial charge is 0.417 e. The minimum Gasteiger partial charge on any atom is -0.394 e. The highest BCUT2D eigenvalue weighted by atomic mass is 19.4. The first kappa shape index (κ1) is 23.1. The summed E-state index contributed by atoms with van der Waals surface area (Å²) in [5.74, 6) is 0. The van der Waals surface area contributed by atoms with Gasteiger partial charge >= 0.3 is 6.18 Å². The number of hydrogen-bond acceptors (Lipinski definition) is 8. The van der Waals surface area contributed by atoms with Gasteiger partial charge in [-0.15, -0.1) is 0 Å². The average Bonchev–Trinajstić information content (AvgIpc) is 2.78. The second-order valence-electron chi connectivity index (χ2n) is 7.60. The molecule has 2 aromatic heterocycles. The minimum atomic E-state index is -4.84. The number of rotatable bonds is 4. The van der Waals surface area contributed by atoms with E-state index in [0.29, 0.717) is 0 Å². The van der Waals surface area contributed by atoms with Crippen LogP contribution in [0.3, 0.4) is 0 Å². The number of hydrogen-bond donors (Lipinski definition) is 6. The van der Waals surface area contributed by atoms with E-state index in [9.17, 15) is 33.3 Å². The van der Waals surface area contributed by atoms with Crippen LogP contribution in [0.15, 0.2) is 47.5 Å². The van der Waals surface area contributed by atoms with Gasteiger partial charge in [-0.25, -0.2) is 0 Å². The second-order valence-corrected chi connectivity index (χ2v) is 7.60. The SMILES string of the molecule is O=c1[nH]c2cc(N[C@@H]3C(O)OC(CO)[C@@H](O)C3O)ccc2c(C(F)(F)F)c1-c1ccncc1. The number of anilines is 1. The molecule has 9 nitrogen and oxygen atoms in total. The fourth-order valence-corrected chi connectivity index (χ4v) is 3.92. The molecule has 0 aliphatic carbocycles. The molecule has 1 saturated heterocycles. The van der Waals surface area contributed by atoms with Gasteiger partial charge in [0.2, 0.25) is 0 Å². The predicted molar refractivity (Wildman–Crippen MR) is 110 cm³/mol. The van der Waals surface area contributed by atoms with Crippen LogP contribution in [-0.2, 0) is 10.9 Å². The fourth-order valence-electron chi connectivity index (χ4n) is 3.92. The van der Waals surface area contributed by atoms with E-state index >= 15 is 0 Å². The van der Waals surface area contributed by atoms with Crippen molar-refractivity contribution in [2.75, 3.05) is 11.9 Å². The maximum Gasteiger partial charge on any atom is 0.417 e. The van der Waals surface area contributed by atoms with Gasteiger partial charge in [-0.05, 0) is 29.8 Å². The van der Waals surface area contributed by atoms with E-state index in [1.165, 1.54) is 36.7 Å². The number of nitrogens with one attached hydrogen (secondary N) is 2. The van der Waals surface area contributed by atoms with Crippen LogP contribution in [0.5, 0.6) is 0 Å². The number of alkyl halides is 3. The fraction of sp³-hybridized carbons (Fsp3) is 0.333. The number of aromatic amines is 1. The molecule has 0 radical (unpaired) electrons. The van der Waals surface area contributed by atoms with Crippen LogP contribution >= 0.6 is 0 Å². The van der Waals surface area contributed by atoms with Gasteiger partial charge in [0.15, 0.2) is 6.29 Å². The summed E-state index contributed by atoms with van der Waals surface area (Å²) in [7, 11) is 0. The van der Waals surface area contributed by atoms with Crippen LogP contribution in [0.25, 0.3) is 22.0 Å². The van der Waals surface area contributed by atoms with E-state index in [2.05, 4.69) is 15.3 Å². The lowest BCUT2D eigenvalue weighted by Gasteiger charge is -2.40. The molecule has 1 aliphatic rings. The van der Waals surface area contributed by atoms with Crippen LogP contribution in [0.2, 0.25) is 0 Å². The first-order valence-electron chi connectivity index (χ1n) is 9.86. The van der Waals surface area contributed by atoms with Crippen molar-refractivity contribution in [3.05, 3.63) is 58.6 Å². The number of H-pyrrole nitrogens is 1. The summed E-state index contributed by atoms with van der Waals surface area (Å²) in [4.78, 5) is 18.9. The van der Waals surface area contributed by atoms with Crippen LogP contribution in [0.4, 0.5) is 18.9 Å². The molecule has 5 atom stereocenters. The molecule has 33 heavy (non-hydrogen) atoms. The molecule has 0 amide bonds. The predicted octanol–water partition coefficient (Wildman–Crippen LogP) is 0.821. The third kappa shape index (κ3) is 4.30. The van der Waals surface area contributed by atoms with Crippen molar-refractivity contribution < 1.29 is 38.3 Å². The monoisotopic (exact) mass is 467 g/mol. The molecule has 4 rings (SSSR count). The van der Waals surface area contributed by atoms with E-state index in [-0.39, 0.29) is 22.2 Å². The second kappa shape index (κ2) is 8.72. The molecular weight excluding hydrogens is 447 g/mol. The molecule has 0 saturated carbocycles. The van der Waals surface area contributed by atoms with Crippen molar-refractivity contribution in [1.82, 2.24) is 9.97 Å². The van der Waals surface area contributed by atoms with Crippen LogP contribution < -0.4 is 10.9 Å². The van der Waals surface area contributed by atoms with Crippen molar-refractivity contribution in [3.8, 4) is 11.1 Å². The molecule has 176 valence electrons. The number of nitrogens with zero attached hydrogens (tertiary/aromatic N) is 1. The summed E-state index contributed by atoms with van der Waals surface area (Å²) in [5.41, 5.74) is -2.54. The summed E-state index contributed by atoms with van der Waals surface area (Å²) < 4.78 is 47.1. The highest BCUT2D eigenvalue weighted by molar-refractivity contribution is 5.91. The molecule has 3 aromatic rings. The number of aliphatic hydroxyl groups is 4. The number of pyridine rings is 2. The number of aliphatic hydroxyl groups excluding tert-OH is 4. The Kier molecular flexibility index (Phi) is 6.12. The van der Waals surface area contributed by atoms with Gasteiger partial charge in [-0.3, -0.25) is 9.78 Å². The van der Waals surface area contributed by atoms with E-state index in [4.69, 9.17) is 9.84 Å². The molecule has 1 fully saturated rings. The van der Waals surface area contributed by atoms with Crippen molar-refractivity contribution in [2.45, 2.75) is 36.8 Å². The quantitative estimate of drug-likeness (QED) is 0.331. The number of benzene rings is 1. The average molecular weight is 467 g/mol. The first-order chi connectivity index (χ1) is 15.6. The van der Waals surface area contributed by atoms with E-state index in [1.807, 2.05) is 0 Å². The standard InChI is InChI=1S/C21H20F3N3O6/c22-21(23,24)15-11-2-1-10(26-16-18(30)17(29)13(8-28)33-20(16)32)7-12(11)27-19(31)14(15)9-3-5-25-6-4-9/h1-7,13,16-18,20,26,28-30,32H,8H2,(H,27,31)/t13?,16-,17+,18?,20?/m0/s1. The Morgan fingerprint density at radius 3 is 2.42 bits per heavy atom. The minimum absolute atomic E-state index is 0.0562. The van der Waals surface area contributed by atoms with Gasteiger partial charge in [-0.1, -0.05) is 6.07 Å². The lowest BCUT2D eigenvalue weighted by Crippen LogP contribution is -2.61. The Morgan fingerprint density at radius 2 is 1.79 bits per heavy atom. The Morgan fingerprint density at radius 1 is 1.09 bits per heavy atom. The first-order valence-corrected chi connectivity index (χ1v) is 9.86. The zero-order chi connectivity index (χ0) is 23.9. The maximum atomic E-state index is 14.0. The Hall–Kier alpha value is -3.03. The smallest absolute Gasteiger partial charge is 0.394 e. The highest BCUT2D eigenvalue weighted by Crippen LogP contribution is 2.40. The van der Waals surface area contributed by atoms with Gasteiger partial charge in [0.25, 0.3) is 5.56 Å². The van der Waals surface area contributed by atoms with E-state index in [0.717, 1.165) is 6.07 Å². The maximum absolute atomic E-state index is 14.0. The lowest BCUT2D eigenvalue weighted by molar-refractivity contribution is -0.245. The summed E-state index contributed by atoms with van der Waals surface area (Å²) in [6, 6.07) is 4.99. The molecular formula is C21H20F3N3O6. The van der Waals surface area contributed by atoms with E-state index in [1.54, 1.807) is 0 Å². The van der Waals surface area contributed by atoms with Crippen LogP contribution in [0.1, 0.15) is 5.56 Å². The lowest BCUT2D eigenvalue weighted by atomic mass is 9.96. The number of ether oxygens (including phenoxy) is 1. The third-order valence-electron chi connectivity index (χ3n) is 5.50.